The molecule has 1 amide bonds. The largest absolute Gasteiger partial charge is 0.493 e. The Morgan fingerprint density at radius 2 is 1.97 bits per heavy atom. The van der Waals surface area contributed by atoms with Crippen molar-refractivity contribution in [2.24, 2.45) is 0 Å². The molecule has 1 N–H and O–H groups in total. The quantitative estimate of drug-likeness (QED) is 0.293. The maximum absolute atomic E-state index is 12.6. The lowest BCUT2D eigenvalue weighted by Crippen LogP contribution is -2.22. The van der Waals surface area contributed by atoms with Gasteiger partial charge in [-0.2, -0.15) is 0 Å². The monoisotopic (exact) mass is 439 g/mol. The van der Waals surface area contributed by atoms with Crippen LogP contribution in [0.15, 0.2) is 71.9 Å². The smallest absolute Gasteiger partial charge is 0.269 e. The molecule has 31 heavy (non-hydrogen) atoms. The first-order chi connectivity index (χ1) is 15.0. The average molecular weight is 439 g/mol. The van der Waals surface area contributed by atoms with Gasteiger partial charge in [0.1, 0.15) is 6.61 Å². The van der Waals surface area contributed by atoms with Crippen LogP contribution >= 0.6 is 11.8 Å². The molecule has 0 saturated carbocycles. The van der Waals surface area contributed by atoms with Crippen LogP contribution in [0.25, 0.3) is 0 Å². The number of carbonyl (C=O) groups excluding carboxylic acids is 1. The molecule has 0 spiro atoms. The minimum Gasteiger partial charge on any atom is -0.493 e. The van der Waals surface area contributed by atoms with Crippen LogP contribution in [0.3, 0.4) is 0 Å². The SMILES string of the molecule is COc1ccc(NC(=O)C(C)Sc2ccc([N+](=O)[O-])cc2)cc1OCc1cccnc1. The molecule has 0 aliphatic carbocycles. The van der Waals surface area contributed by atoms with Crippen molar-refractivity contribution in [3.8, 4) is 11.5 Å². The van der Waals surface area contributed by atoms with E-state index in [9.17, 15) is 14.9 Å². The van der Waals surface area contributed by atoms with Crippen molar-refractivity contribution in [2.75, 3.05) is 12.4 Å². The van der Waals surface area contributed by atoms with Crippen LogP contribution in [-0.4, -0.2) is 28.2 Å². The van der Waals surface area contributed by atoms with Crippen molar-refractivity contribution >= 4 is 29.0 Å². The van der Waals surface area contributed by atoms with E-state index in [0.717, 1.165) is 10.5 Å². The Kier molecular flexibility index (Phi) is 7.45. The van der Waals surface area contributed by atoms with E-state index in [-0.39, 0.29) is 11.6 Å². The summed E-state index contributed by atoms with van der Waals surface area (Å²) < 4.78 is 11.2. The van der Waals surface area contributed by atoms with Crippen molar-refractivity contribution in [1.82, 2.24) is 4.98 Å². The minimum absolute atomic E-state index is 0.0125. The number of nitrogens with one attached hydrogen (secondary N) is 1. The molecule has 1 atom stereocenters. The fourth-order valence-corrected chi connectivity index (χ4v) is 3.53. The molecule has 2 aromatic carbocycles. The molecule has 9 heteroatoms. The Balaban J connectivity index is 1.63. The number of nitrogens with zero attached hydrogens (tertiary/aromatic N) is 2. The van der Waals surface area contributed by atoms with Crippen molar-refractivity contribution in [3.05, 3.63) is 82.7 Å². The molecule has 3 rings (SSSR count). The molecular formula is C22H21N3O5S. The van der Waals surface area contributed by atoms with Gasteiger partial charge in [-0.15, -0.1) is 11.8 Å². The van der Waals surface area contributed by atoms with Crippen LogP contribution in [0, 0.1) is 10.1 Å². The zero-order valence-corrected chi connectivity index (χ0v) is 17.8. The van der Waals surface area contributed by atoms with Gasteiger partial charge in [-0.3, -0.25) is 19.9 Å². The third-order valence-electron chi connectivity index (χ3n) is 4.28. The number of amides is 1. The average Bonchev–Trinajstić information content (AvgIpc) is 2.78. The number of ether oxygens (including phenoxy) is 2. The van der Waals surface area contributed by atoms with Crippen LogP contribution in [-0.2, 0) is 11.4 Å². The summed E-state index contributed by atoms with van der Waals surface area (Å²) >= 11 is 1.31. The van der Waals surface area contributed by atoms with Gasteiger partial charge in [-0.1, -0.05) is 6.07 Å². The maximum atomic E-state index is 12.6. The Hall–Kier alpha value is -3.59. The van der Waals surface area contributed by atoms with Crippen LogP contribution in [0.2, 0.25) is 0 Å². The van der Waals surface area contributed by atoms with Gasteiger partial charge in [0.2, 0.25) is 5.91 Å². The first kappa shape index (κ1) is 22.1. The third-order valence-corrected chi connectivity index (χ3v) is 5.39. The maximum Gasteiger partial charge on any atom is 0.269 e. The second-order valence-corrected chi connectivity index (χ2v) is 7.93. The standard InChI is InChI=1S/C22H21N3O5S/c1-15(31-19-8-6-18(7-9-19)25(27)28)22(26)24-17-5-10-20(29-2)21(12-17)30-14-16-4-3-11-23-13-16/h3-13,15H,14H2,1-2H3,(H,24,26). The number of rotatable bonds is 9. The van der Waals surface area contributed by atoms with E-state index in [1.165, 1.54) is 23.9 Å². The van der Waals surface area contributed by atoms with Crippen molar-refractivity contribution in [3.63, 3.8) is 0 Å². The summed E-state index contributed by atoms with van der Waals surface area (Å²) in [6.45, 7) is 2.08. The number of nitro groups is 1. The van der Waals surface area contributed by atoms with Crippen molar-refractivity contribution in [1.29, 1.82) is 0 Å². The Morgan fingerprint density at radius 3 is 2.61 bits per heavy atom. The van der Waals surface area contributed by atoms with Crippen LogP contribution in [0.1, 0.15) is 12.5 Å². The van der Waals surface area contributed by atoms with Gasteiger partial charge in [0.25, 0.3) is 5.69 Å². The molecule has 1 aromatic heterocycles. The fourth-order valence-electron chi connectivity index (χ4n) is 2.66. The molecule has 0 bridgehead atoms. The zero-order chi connectivity index (χ0) is 22.2. The van der Waals surface area contributed by atoms with E-state index in [4.69, 9.17) is 9.47 Å². The topological polar surface area (TPSA) is 104 Å². The molecular weight excluding hydrogens is 418 g/mol. The Bertz CT molecular complexity index is 1040. The Labute approximate surface area is 183 Å². The number of thioether (sulfide) groups is 1. The second-order valence-electron chi connectivity index (χ2n) is 6.52. The predicted molar refractivity (Wildman–Crippen MR) is 119 cm³/mol. The summed E-state index contributed by atoms with van der Waals surface area (Å²) in [5.41, 5.74) is 1.49. The van der Waals surface area contributed by atoms with Gasteiger partial charge in [0.05, 0.1) is 17.3 Å². The van der Waals surface area contributed by atoms with Gasteiger partial charge in [0, 0.05) is 46.7 Å². The number of hydrogen-bond donors (Lipinski definition) is 1. The number of aromatic nitrogens is 1. The lowest BCUT2D eigenvalue weighted by atomic mass is 10.2. The lowest BCUT2D eigenvalue weighted by molar-refractivity contribution is -0.384. The molecule has 0 aliphatic rings. The summed E-state index contributed by atoms with van der Waals surface area (Å²) in [5, 5.41) is 13.2. The summed E-state index contributed by atoms with van der Waals surface area (Å²) in [5.74, 6) is 0.849. The number of anilines is 1. The third kappa shape index (κ3) is 6.19. The van der Waals surface area contributed by atoms with E-state index < -0.39 is 10.2 Å². The number of carbonyl (C=O) groups is 1. The summed E-state index contributed by atoms with van der Waals surface area (Å²) in [4.78, 5) is 27.7. The van der Waals surface area contributed by atoms with E-state index in [1.807, 2.05) is 12.1 Å². The molecule has 1 unspecified atom stereocenters. The van der Waals surface area contributed by atoms with E-state index in [1.54, 1.807) is 56.8 Å². The number of non-ortho nitro benzene ring substituents is 1. The first-order valence-corrected chi connectivity index (χ1v) is 10.3. The van der Waals surface area contributed by atoms with E-state index in [2.05, 4.69) is 10.3 Å². The van der Waals surface area contributed by atoms with Gasteiger partial charge in [0.15, 0.2) is 11.5 Å². The minimum atomic E-state index is -0.456. The molecule has 1 heterocycles. The molecule has 8 nitrogen and oxygen atoms in total. The van der Waals surface area contributed by atoms with Crippen molar-refractivity contribution in [2.45, 2.75) is 23.7 Å². The van der Waals surface area contributed by atoms with Gasteiger partial charge < -0.3 is 14.8 Å². The van der Waals surface area contributed by atoms with Gasteiger partial charge in [-0.25, -0.2) is 0 Å². The van der Waals surface area contributed by atoms with E-state index >= 15 is 0 Å². The number of benzene rings is 2. The predicted octanol–water partition coefficient (Wildman–Crippen LogP) is 4.70. The molecule has 0 radical (unpaired) electrons. The van der Waals surface area contributed by atoms with Crippen LogP contribution in [0.4, 0.5) is 11.4 Å². The highest BCUT2D eigenvalue weighted by molar-refractivity contribution is 8.00. The summed E-state index contributed by atoms with van der Waals surface area (Å²) in [6.07, 6.45) is 3.41. The van der Waals surface area contributed by atoms with Gasteiger partial charge in [-0.05, 0) is 37.3 Å². The second kappa shape index (κ2) is 10.4. The van der Waals surface area contributed by atoms with Crippen molar-refractivity contribution < 1.29 is 19.2 Å². The molecule has 160 valence electrons. The lowest BCUT2D eigenvalue weighted by Gasteiger charge is -2.15. The summed E-state index contributed by atoms with van der Waals surface area (Å²) in [7, 11) is 1.55. The fraction of sp³-hybridized carbons (Fsp3) is 0.182. The highest BCUT2D eigenvalue weighted by Crippen LogP contribution is 2.32. The number of methoxy groups -OCH3 is 1. The number of nitro benzene ring substituents is 1. The van der Waals surface area contributed by atoms with Crippen LogP contribution < -0.4 is 14.8 Å². The van der Waals surface area contributed by atoms with E-state index in [0.29, 0.717) is 23.8 Å². The van der Waals surface area contributed by atoms with Gasteiger partial charge >= 0.3 is 0 Å². The van der Waals surface area contributed by atoms with Crippen LogP contribution in [0.5, 0.6) is 11.5 Å². The highest BCUT2D eigenvalue weighted by atomic mass is 32.2. The highest BCUT2D eigenvalue weighted by Gasteiger charge is 2.16. The molecule has 0 saturated heterocycles. The number of hydrogen-bond acceptors (Lipinski definition) is 7. The first-order valence-electron chi connectivity index (χ1n) is 9.38. The normalized spacial score (nSPS) is 11.4. The zero-order valence-electron chi connectivity index (χ0n) is 17.0. The Morgan fingerprint density at radius 1 is 1.19 bits per heavy atom. The molecule has 0 aliphatic heterocycles. The number of pyridine rings is 1. The summed E-state index contributed by atoms with van der Waals surface area (Å²) in [6, 6.07) is 15.0. The molecule has 0 fully saturated rings. The molecule has 3 aromatic rings.